The number of ether oxygens (including phenoxy) is 2. The molecule has 1 saturated heterocycles. The van der Waals surface area contributed by atoms with Crippen LogP contribution >= 0.6 is 0 Å². The smallest absolute Gasteiger partial charge is 0.232 e. The van der Waals surface area contributed by atoms with E-state index < -0.39 is 0 Å². The van der Waals surface area contributed by atoms with Gasteiger partial charge in [-0.15, -0.1) is 0 Å². The quantitative estimate of drug-likeness (QED) is 0.631. The van der Waals surface area contributed by atoms with Crippen molar-refractivity contribution in [2.45, 2.75) is 26.2 Å². The topological polar surface area (TPSA) is 77.7 Å². The molecule has 1 aromatic heterocycles. The van der Waals surface area contributed by atoms with Gasteiger partial charge in [0.25, 0.3) is 0 Å². The van der Waals surface area contributed by atoms with Crippen LogP contribution in [-0.2, 0) is 4.79 Å². The van der Waals surface area contributed by atoms with Gasteiger partial charge in [0.2, 0.25) is 17.6 Å². The van der Waals surface area contributed by atoms with Gasteiger partial charge in [-0.2, -0.15) is 4.98 Å². The van der Waals surface area contributed by atoms with Crippen LogP contribution in [0.15, 0.2) is 47.0 Å². The number of rotatable bonds is 6. The molecule has 1 aliphatic rings. The van der Waals surface area contributed by atoms with Crippen LogP contribution in [-0.4, -0.2) is 36.3 Å². The van der Waals surface area contributed by atoms with Crippen molar-refractivity contribution < 1.29 is 18.8 Å². The average molecular weight is 393 g/mol. The molecule has 0 spiro atoms. The molecule has 2 heterocycles. The van der Waals surface area contributed by atoms with Crippen LogP contribution in [0.25, 0.3) is 11.4 Å². The van der Waals surface area contributed by atoms with E-state index in [9.17, 15) is 4.79 Å². The van der Waals surface area contributed by atoms with E-state index in [1.54, 1.807) is 12.0 Å². The highest BCUT2D eigenvalue weighted by Gasteiger charge is 2.35. The molecule has 2 aromatic carbocycles. The van der Waals surface area contributed by atoms with Crippen LogP contribution in [0.1, 0.15) is 30.7 Å². The van der Waals surface area contributed by atoms with E-state index in [1.807, 2.05) is 56.3 Å². The maximum absolute atomic E-state index is 12.5. The van der Waals surface area contributed by atoms with Crippen LogP contribution in [0.2, 0.25) is 0 Å². The number of anilines is 1. The normalized spacial score (nSPS) is 16.3. The Morgan fingerprint density at radius 2 is 2.07 bits per heavy atom. The lowest BCUT2D eigenvalue weighted by Crippen LogP contribution is -2.24. The second-order valence-corrected chi connectivity index (χ2v) is 7.00. The van der Waals surface area contributed by atoms with Gasteiger partial charge in [-0.05, 0) is 49.7 Å². The molecule has 1 atom stereocenters. The predicted molar refractivity (Wildman–Crippen MR) is 108 cm³/mol. The standard InChI is InChI=1S/C22H23N3O4/c1-4-28-18-9-8-15(11-19(18)27-3)21-23-22(29-24-21)16-12-20(26)25(13-16)17-7-5-6-14(2)10-17/h5-11,16H,4,12-13H2,1-3H3. The van der Waals surface area contributed by atoms with Gasteiger partial charge in [-0.3, -0.25) is 4.79 Å². The Hall–Kier alpha value is -3.35. The zero-order valence-electron chi connectivity index (χ0n) is 16.7. The maximum Gasteiger partial charge on any atom is 0.232 e. The predicted octanol–water partition coefficient (Wildman–Crippen LogP) is 3.97. The summed E-state index contributed by atoms with van der Waals surface area (Å²) in [7, 11) is 1.59. The van der Waals surface area contributed by atoms with Gasteiger partial charge < -0.3 is 18.9 Å². The first-order valence-corrected chi connectivity index (χ1v) is 9.61. The van der Waals surface area contributed by atoms with E-state index >= 15 is 0 Å². The minimum absolute atomic E-state index is 0.0584. The molecular formula is C22H23N3O4. The van der Waals surface area contributed by atoms with E-state index in [0.29, 0.717) is 42.8 Å². The molecule has 0 N–H and O–H groups in total. The number of hydrogen-bond acceptors (Lipinski definition) is 6. The fourth-order valence-electron chi connectivity index (χ4n) is 3.52. The van der Waals surface area contributed by atoms with E-state index in [4.69, 9.17) is 14.0 Å². The van der Waals surface area contributed by atoms with Crippen molar-refractivity contribution in [1.82, 2.24) is 10.1 Å². The molecule has 0 aliphatic carbocycles. The molecule has 1 unspecified atom stereocenters. The maximum atomic E-state index is 12.5. The Balaban J connectivity index is 1.54. The van der Waals surface area contributed by atoms with Gasteiger partial charge >= 0.3 is 0 Å². The second-order valence-electron chi connectivity index (χ2n) is 7.00. The molecule has 3 aromatic rings. The Morgan fingerprint density at radius 3 is 2.83 bits per heavy atom. The Bertz CT molecular complexity index is 1030. The highest BCUT2D eigenvalue weighted by molar-refractivity contribution is 5.96. The number of aromatic nitrogens is 2. The zero-order valence-corrected chi connectivity index (χ0v) is 16.7. The van der Waals surface area contributed by atoms with Gasteiger partial charge in [0.05, 0.1) is 19.6 Å². The first kappa shape index (κ1) is 19.0. The van der Waals surface area contributed by atoms with Crippen molar-refractivity contribution >= 4 is 11.6 Å². The lowest BCUT2D eigenvalue weighted by molar-refractivity contribution is -0.117. The first-order chi connectivity index (χ1) is 14.1. The molecule has 1 amide bonds. The molecule has 29 heavy (non-hydrogen) atoms. The summed E-state index contributed by atoms with van der Waals surface area (Å²) in [4.78, 5) is 18.9. The summed E-state index contributed by atoms with van der Waals surface area (Å²) < 4.78 is 16.4. The number of amides is 1. The summed E-state index contributed by atoms with van der Waals surface area (Å²) in [6, 6.07) is 13.4. The number of hydrogen-bond donors (Lipinski definition) is 0. The Morgan fingerprint density at radius 1 is 1.21 bits per heavy atom. The number of carbonyl (C=O) groups excluding carboxylic acids is 1. The molecule has 7 heteroatoms. The number of nitrogens with zero attached hydrogens (tertiary/aromatic N) is 3. The van der Waals surface area contributed by atoms with Crippen molar-refractivity contribution in [3.63, 3.8) is 0 Å². The van der Waals surface area contributed by atoms with Crippen LogP contribution in [0, 0.1) is 6.92 Å². The second kappa shape index (κ2) is 7.95. The third-order valence-corrected chi connectivity index (χ3v) is 4.95. The summed E-state index contributed by atoms with van der Waals surface area (Å²) in [5.41, 5.74) is 2.77. The number of aryl methyl sites for hydroxylation is 1. The van der Waals surface area contributed by atoms with E-state index in [-0.39, 0.29) is 11.8 Å². The third-order valence-electron chi connectivity index (χ3n) is 4.95. The van der Waals surface area contributed by atoms with E-state index in [2.05, 4.69) is 10.1 Å². The molecule has 4 rings (SSSR count). The highest BCUT2D eigenvalue weighted by atomic mass is 16.5. The molecule has 0 radical (unpaired) electrons. The van der Waals surface area contributed by atoms with Crippen molar-refractivity contribution in [2.24, 2.45) is 0 Å². The molecule has 150 valence electrons. The first-order valence-electron chi connectivity index (χ1n) is 9.61. The van der Waals surface area contributed by atoms with Crippen LogP contribution in [0.4, 0.5) is 5.69 Å². The third kappa shape index (κ3) is 3.81. The van der Waals surface area contributed by atoms with Gasteiger partial charge in [-0.25, -0.2) is 0 Å². The zero-order chi connectivity index (χ0) is 20.4. The van der Waals surface area contributed by atoms with Crippen molar-refractivity contribution in [1.29, 1.82) is 0 Å². The van der Waals surface area contributed by atoms with E-state index in [0.717, 1.165) is 16.8 Å². The van der Waals surface area contributed by atoms with E-state index in [1.165, 1.54) is 0 Å². The van der Waals surface area contributed by atoms with Crippen molar-refractivity contribution in [2.75, 3.05) is 25.2 Å². The summed E-state index contributed by atoms with van der Waals surface area (Å²) in [5, 5.41) is 4.11. The SMILES string of the molecule is CCOc1ccc(-c2noc(C3CC(=O)N(c4cccc(C)c4)C3)n2)cc1OC. The fourth-order valence-corrected chi connectivity index (χ4v) is 3.52. The number of methoxy groups -OCH3 is 1. The number of carbonyl (C=O) groups is 1. The Kier molecular flexibility index (Phi) is 5.20. The van der Waals surface area contributed by atoms with Crippen molar-refractivity contribution in [3.8, 4) is 22.9 Å². The van der Waals surface area contributed by atoms with Gasteiger partial charge in [-0.1, -0.05) is 17.3 Å². The van der Waals surface area contributed by atoms with Gasteiger partial charge in [0.15, 0.2) is 11.5 Å². The van der Waals surface area contributed by atoms with Crippen LogP contribution in [0.3, 0.4) is 0 Å². The minimum Gasteiger partial charge on any atom is -0.493 e. The minimum atomic E-state index is -0.131. The summed E-state index contributed by atoms with van der Waals surface area (Å²) >= 11 is 0. The molecule has 0 saturated carbocycles. The molecule has 0 bridgehead atoms. The van der Waals surface area contributed by atoms with Crippen LogP contribution < -0.4 is 14.4 Å². The monoisotopic (exact) mass is 393 g/mol. The van der Waals surface area contributed by atoms with Crippen molar-refractivity contribution in [3.05, 3.63) is 53.9 Å². The Labute approximate surface area is 169 Å². The molecular weight excluding hydrogens is 370 g/mol. The summed E-state index contributed by atoms with van der Waals surface area (Å²) in [6.07, 6.45) is 0.349. The molecule has 1 aliphatic heterocycles. The largest absolute Gasteiger partial charge is 0.493 e. The number of benzene rings is 2. The fraction of sp³-hybridized carbons (Fsp3) is 0.318. The summed E-state index contributed by atoms with van der Waals surface area (Å²) in [6.45, 7) is 5.00. The summed E-state index contributed by atoms with van der Waals surface area (Å²) in [5.74, 6) is 2.13. The lowest BCUT2D eigenvalue weighted by atomic mass is 10.1. The highest BCUT2D eigenvalue weighted by Crippen LogP contribution is 2.34. The average Bonchev–Trinajstić information content (AvgIpc) is 3.35. The lowest BCUT2D eigenvalue weighted by Gasteiger charge is -2.16. The van der Waals surface area contributed by atoms with Gasteiger partial charge in [0, 0.05) is 24.2 Å². The molecule has 7 nitrogen and oxygen atoms in total. The van der Waals surface area contributed by atoms with Crippen LogP contribution in [0.5, 0.6) is 11.5 Å². The van der Waals surface area contributed by atoms with Gasteiger partial charge in [0.1, 0.15) is 0 Å². The molecule has 1 fully saturated rings.